The summed E-state index contributed by atoms with van der Waals surface area (Å²) in [5, 5.41) is 4.74. The highest BCUT2D eigenvalue weighted by Gasteiger charge is 2.31. The van der Waals surface area contributed by atoms with E-state index in [1.54, 1.807) is 11.1 Å². The van der Waals surface area contributed by atoms with Gasteiger partial charge >= 0.3 is 0 Å². The van der Waals surface area contributed by atoms with Gasteiger partial charge in [0.25, 0.3) is 0 Å². The van der Waals surface area contributed by atoms with E-state index in [1.165, 1.54) is 55.7 Å². The maximum absolute atomic E-state index is 5.45. The van der Waals surface area contributed by atoms with E-state index in [-0.39, 0.29) is 0 Å². The summed E-state index contributed by atoms with van der Waals surface area (Å²) in [4.78, 5) is 5.40. The second-order valence-electron chi connectivity index (χ2n) is 9.53. The molecule has 5 heteroatoms. The summed E-state index contributed by atoms with van der Waals surface area (Å²) in [5.41, 5.74) is 7.02. The molecule has 1 aliphatic heterocycles. The normalized spacial score (nSPS) is 20.0. The van der Waals surface area contributed by atoms with Gasteiger partial charge in [-0.05, 0) is 70.0 Å². The number of benzene rings is 1. The third kappa shape index (κ3) is 5.21. The maximum Gasteiger partial charge on any atom is 0.0641 e. The summed E-state index contributed by atoms with van der Waals surface area (Å²) >= 11 is 0. The second kappa shape index (κ2) is 10.3. The lowest BCUT2D eigenvalue weighted by Gasteiger charge is -2.38. The van der Waals surface area contributed by atoms with E-state index in [9.17, 15) is 0 Å². The number of aryl methyl sites for hydroxylation is 2. The van der Waals surface area contributed by atoms with Crippen molar-refractivity contribution in [1.82, 2.24) is 19.6 Å². The first-order valence-corrected chi connectivity index (χ1v) is 12.1. The molecule has 2 aliphatic rings. The minimum absolute atomic E-state index is 0.694. The number of aromatic nitrogens is 2. The Kier molecular flexibility index (Phi) is 7.47. The molecule has 0 bridgehead atoms. The molecule has 0 unspecified atom stereocenters. The van der Waals surface area contributed by atoms with Crippen molar-refractivity contribution in [2.24, 2.45) is 5.92 Å². The Hall–Kier alpha value is -1.69. The van der Waals surface area contributed by atoms with Crippen molar-refractivity contribution in [1.29, 1.82) is 0 Å². The summed E-state index contributed by atoms with van der Waals surface area (Å²) in [6, 6.07) is 9.73. The molecule has 2 heterocycles. The van der Waals surface area contributed by atoms with E-state index in [0.717, 1.165) is 38.7 Å². The number of fused-ring (bicyclic) bond motifs is 1. The SMILES string of the molecule is CCn1nc(C)c(CN(CCOC)C[C@H]2CCCN(C3Cc4ccccc4C3)C2)c1C. The van der Waals surface area contributed by atoms with Gasteiger partial charge in [0.15, 0.2) is 0 Å². The molecule has 1 aromatic carbocycles. The van der Waals surface area contributed by atoms with Crippen LogP contribution in [0.25, 0.3) is 0 Å². The predicted octanol–water partition coefficient (Wildman–Crippen LogP) is 3.85. The Morgan fingerprint density at radius 3 is 2.55 bits per heavy atom. The molecular formula is C26H40N4O. The summed E-state index contributed by atoms with van der Waals surface area (Å²) in [6.45, 7) is 13.9. The summed E-state index contributed by atoms with van der Waals surface area (Å²) in [5.74, 6) is 0.733. The van der Waals surface area contributed by atoms with E-state index in [1.807, 2.05) is 7.11 Å². The van der Waals surface area contributed by atoms with E-state index < -0.39 is 0 Å². The van der Waals surface area contributed by atoms with E-state index in [2.05, 4.69) is 59.5 Å². The van der Waals surface area contributed by atoms with Crippen molar-refractivity contribution in [3.05, 3.63) is 52.3 Å². The molecule has 0 amide bonds. The van der Waals surface area contributed by atoms with E-state index in [0.29, 0.717) is 6.04 Å². The third-order valence-electron chi connectivity index (χ3n) is 7.44. The van der Waals surface area contributed by atoms with Crippen molar-refractivity contribution < 1.29 is 4.74 Å². The molecule has 0 spiro atoms. The van der Waals surface area contributed by atoms with Crippen LogP contribution in [-0.2, 0) is 30.7 Å². The van der Waals surface area contributed by atoms with Crippen LogP contribution in [0.2, 0.25) is 0 Å². The maximum atomic E-state index is 5.45. The number of likely N-dealkylation sites (tertiary alicyclic amines) is 1. The van der Waals surface area contributed by atoms with Crippen LogP contribution < -0.4 is 0 Å². The Morgan fingerprint density at radius 2 is 1.90 bits per heavy atom. The Balaban J connectivity index is 1.39. The summed E-state index contributed by atoms with van der Waals surface area (Å²) in [7, 11) is 1.81. The van der Waals surface area contributed by atoms with Crippen molar-refractivity contribution in [3.63, 3.8) is 0 Å². The van der Waals surface area contributed by atoms with Crippen LogP contribution in [-0.4, -0.2) is 65.5 Å². The number of hydrogen-bond acceptors (Lipinski definition) is 4. The lowest BCUT2D eigenvalue weighted by Crippen LogP contribution is -2.46. The van der Waals surface area contributed by atoms with Gasteiger partial charge in [-0.1, -0.05) is 24.3 Å². The minimum Gasteiger partial charge on any atom is -0.383 e. The number of rotatable bonds is 9. The fourth-order valence-electron chi connectivity index (χ4n) is 5.69. The molecule has 2 aromatic rings. The van der Waals surface area contributed by atoms with Crippen LogP contribution >= 0.6 is 0 Å². The van der Waals surface area contributed by atoms with Gasteiger partial charge in [-0.15, -0.1) is 0 Å². The van der Waals surface area contributed by atoms with Gasteiger partial charge in [-0.3, -0.25) is 14.5 Å². The molecule has 1 aromatic heterocycles. The molecule has 0 radical (unpaired) electrons. The summed E-state index contributed by atoms with van der Waals surface area (Å²) in [6.07, 6.45) is 5.11. The first-order chi connectivity index (χ1) is 15.1. The number of ether oxygens (including phenoxy) is 1. The molecule has 1 atom stereocenters. The van der Waals surface area contributed by atoms with Crippen LogP contribution in [0.5, 0.6) is 0 Å². The van der Waals surface area contributed by atoms with Gasteiger partial charge in [0.05, 0.1) is 12.3 Å². The van der Waals surface area contributed by atoms with E-state index >= 15 is 0 Å². The lowest BCUT2D eigenvalue weighted by molar-refractivity contribution is 0.0842. The minimum atomic E-state index is 0.694. The third-order valence-corrected chi connectivity index (χ3v) is 7.44. The van der Waals surface area contributed by atoms with Crippen LogP contribution in [0.15, 0.2) is 24.3 Å². The topological polar surface area (TPSA) is 33.5 Å². The highest BCUT2D eigenvalue weighted by Crippen LogP contribution is 2.29. The molecule has 0 N–H and O–H groups in total. The highest BCUT2D eigenvalue weighted by molar-refractivity contribution is 5.33. The van der Waals surface area contributed by atoms with Crippen molar-refractivity contribution in [2.75, 3.05) is 39.9 Å². The zero-order valence-electron chi connectivity index (χ0n) is 19.9. The molecule has 1 aliphatic carbocycles. The first-order valence-electron chi connectivity index (χ1n) is 12.1. The molecular weight excluding hydrogens is 384 g/mol. The Morgan fingerprint density at radius 1 is 1.16 bits per heavy atom. The Bertz CT molecular complexity index is 836. The molecule has 0 saturated carbocycles. The first kappa shape index (κ1) is 22.5. The van der Waals surface area contributed by atoms with Crippen LogP contribution in [0.3, 0.4) is 0 Å². The number of methoxy groups -OCH3 is 1. The van der Waals surface area contributed by atoms with Gasteiger partial charge in [0, 0.05) is 57.1 Å². The molecule has 31 heavy (non-hydrogen) atoms. The standard InChI is InChI=1S/C26H40N4O/c1-5-30-21(3)26(20(2)27-30)19-28(13-14-31-4)17-22-9-8-12-29(18-22)25-15-23-10-6-7-11-24(23)16-25/h6-7,10-11,22,25H,5,8-9,12-19H2,1-4H3/t22-/m1/s1. The van der Waals surface area contributed by atoms with Crippen molar-refractivity contribution in [3.8, 4) is 0 Å². The van der Waals surface area contributed by atoms with E-state index in [4.69, 9.17) is 9.84 Å². The molecule has 1 fully saturated rings. The van der Waals surface area contributed by atoms with Crippen LogP contribution in [0, 0.1) is 19.8 Å². The number of hydrogen-bond donors (Lipinski definition) is 0. The number of nitrogens with zero attached hydrogens (tertiary/aromatic N) is 4. The highest BCUT2D eigenvalue weighted by atomic mass is 16.5. The predicted molar refractivity (Wildman–Crippen MR) is 126 cm³/mol. The van der Waals surface area contributed by atoms with Gasteiger partial charge < -0.3 is 4.74 Å². The molecule has 5 nitrogen and oxygen atoms in total. The molecule has 4 rings (SSSR count). The van der Waals surface area contributed by atoms with Crippen molar-refractivity contribution >= 4 is 0 Å². The van der Waals surface area contributed by atoms with Gasteiger partial charge in [0.1, 0.15) is 0 Å². The smallest absolute Gasteiger partial charge is 0.0641 e. The monoisotopic (exact) mass is 424 g/mol. The summed E-state index contributed by atoms with van der Waals surface area (Å²) < 4.78 is 7.59. The Labute approximate surface area is 188 Å². The van der Waals surface area contributed by atoms with Crippen LogP contribution in [0.4, 0.5) is 0 Å². The fourth-order valence-corrected chi connectivity index (χ4v) is 5.69. The average Bonchev–Trinajstić information content (AvgIpc) is 3.34. The number of piperidine rings is 1. The average molecular weight is 425 g/mol. The molecule has 1 saturated heterocycles. The lowest BCUT2D eigenvalue weighted by atomic mass is 9.95. The van der Waals surface area contributed by atoms with Gasteiger partial charge in [0.2, 0.25) is 0 Å². The second-order valence-corrected chi connectivity index (χ2v) is 9.53. The zero-order chi connectivity index (χ0) is 21.8. The quantitative estimate of drug-likeness (QED) is 0.612. The fraction of sp³-hybridized carbons (Fsp3) is 0.654. The van der Waals surface area contributed by atoms with Crippen LogP contribution in [0.1, 0.15) is 47.8 Å². The zero-order valence-corrected chi connectivity index (χ0v) is 19.9. The van der Waals surface area contributed by atoms with Gasteiger partial charge in [-0.2, -0.15) is 5.10 Å². The van der Waals surface area contributed by atoms with Gasteiger partial charge in [-0.25, -0.2) is 0 Å². The molecule has 170 valence electrons. The van der Waals surface area contributed by atoms with Crippen molar-refractivity contribution in [2.45, 2.75) is 65.6 Å². The largest absolute Gasteiger partial charge is 0.383 e.